The highest BCUT2D eigenvalue weighted by Crippen LogP contribution is 2.52. The number of nitrogens with zero attached hydrogens (tertiary/aromatic N) is 3. The van der Waals surface area contributed by atoms with E-state index in [2.05, 4.69) is 5.10 Å². The van der Waals surface area contributed by atoms with E-state index in [0.29, 0.717) is 28.4 Å². The van der Waals surface area contributed by atoms with Crippen molar-refractivity contribution in [2.24, 2.45) is 28.8 Å². The number of hydrazone groups is 1. The summed E-state index contributed by atoms with van der Waals surface area (Å²) >= 11 is 0. The van der Waals surface area contributed by atoms with Gasteiger partial charge in [0.1, 0.15) is 6.61 Å². The van der Waals surface area contributed by atoms with Crippen molar-refractivity contribution in [2.75, 3.05) is 14.2 Å². The average molecular weight is 477 g/mol. The summed E-state index contributed by atoms with van der Waals surface area (Å²) in [5.41, 5.74) is 1.12. The second kappa shape index (κ2) is 8.86. The number of amides is 2. The zero-order chi connectivity index (χ0) is 24.7. The number of ether oxygens (including phenoxy) is 3. The Hall–Kier alpha value is -4.21. The third-order valence-electron chi connectivity index (χ3n) is 6.76. The third kappa shape index (κ3) is 3.90. The predicted octanol–water partition coefficient (Wildman–Crippen LogP) is 3.33. The Morgan fingerprint density at radius 1 is 1.06 bits per heavy atom. The lowest BCUT2D eigenvalue weighted by Crippen LogP contribution is -2.28. The number of allylic oxidation sites excluding steroid dienone is 2. The van der Waals surface area contributed by atoms with Crippen molar-refractivity contribution >= 4 is 23.7 Å². The fourth-order valence-corrected chi connectivity index (χ4v) is 5.16. The maximum atomic E-state index is 12.8. The van der Waals surface area contributed by atoms with Crippen LogP contribution in [0.5, 0.6) is 17.2 Å². The van der Waals surface area contributed by atoms with Crippen LogP contribution in [0.4, 0.5) is 5.69 Å². The summed E-state index contributed by atoms with van der Waals surface area (Å²) in [5.74, 6) is 0.0705. The minimum Gasteiger partial charge on any atom is -0.493 e. The largest absolute Gasteiger partial charge is 0.493 e. The van der Waals surface area contributed by atoms with Crippen molar-refractivity contribution in [1.82, 2.24) is 5.01 Å². The number of fused-ring (bicyclic) bond motifs is 5. The molecule has 2 aliphatic carbocycles. The SMILES string of the molecule is COc1cc(C=NN2C(=O)C3C4C=CC(C4)C3C2=O)cc(OC)c1OCc1cccc([N+](=O)[O-])c1. The first-order valence-electron chi connectivity index (χ1n) is 11.1. The Bertz CT molecular complexity index is 1220. The van der Waals surface area contributed by atoms with Crippen LogP contribution in [0.2, 0.25) is 0 Å². The number of hydrogen-bond acceptors (Lipinski definition) is 8. The quantitative estimate of drug-likeness (QED) is 0.188. The normalized spacial score (nSPS) is 24.3. The number of carbonyl (C=O) groups excluding carboxylic acids is 2. The monoisotopic (exact) mass is 477 g/mol. The van der Waals surface area contributed by atoms with E-state index in [1.165, 1.54) is 32.6 Å². The van der Waals surface area contributed by atoms with Crippen LogP contribution in [-0.4, -0.2) is 42.2 Å². The molecule has 1 heterocycles. The topological polar surface area (TPSA) is 121 Å². The summed E-state index contributed by atoms with van der Waals surface area (Å²) in [6, 6.07) is 9.43. The molecule has 10 heteroatoms. The predicted molar refractivity (Wildman–Crippen MR) is 124 cm³/mol. The van der Waals surface area contributed by atoms with Gasteiger partial charge >= 0.3 is 0 Å². The number of nitro groups is 1. The van der Waals surface area contributed by atoms with Crippen LogP contribution in [0.1, 0.15) is 17.5 Å². The van der Waals surface area contributed by atoms with Gasteiger partial charge in [-0.25, -0.2) is 0 Å². The van der Waals surface area contributed by atoms with Gasteiger partial charge in [0.05, 0.1) is 37.2 Å². The van der Waals surface area contributed by atoms with Crippen LogP contribution in [-0.2, 0) is 16.2 Å². The summed E-state index contributed by atoms with van der Waals surface area (Å²) in [5, 5.41) is 16.2. The molecule has 4 atom stereocenters. The van der Waals surface area contributed by atoms with E-state index in [1.54, 1.807) is 24.3 Å². The molecule has 2 bridgehead atoms. The first-order valence-corrected chi connectivity index (χ1v) is 11.1. The van der Waals surface area contributed by atoms with Crippen molar-refractivity contribution in [2.45, 2.75) is 13.0 Å². The minimum absolute atomic E-state index is 0.0319. The Balaban J connectivity index is 1.35. The highest BCUT2D eigenvalue weighted by Gasteiger charge is 2.59. The molecule has 0 N–H and O–H groups in total. The number of non-ortho nitro benzene ring substituents is 1. The van der Waals surface area contributed by atoms with Gasteiger partial charge in [0.2, 0.25) is 5.75 Å². The molecule has 0 radical (unpaired) electrons. The van der Waals surface area contributed by atoms with Crippen LogP contribution in [0.15, 0.2) is 53.7 Å². The summed E-state index contributed by atoms with van der Waals surface area (Å²) < 4.78 is 16.8. The molecule has 3 aliphatic rings. The van der Waals surface area contributed by atoms with Gasteiger partial charge in [-0.2, -0.15) is 10.1 Å². The second-order valence-electron chi connectivity index (χ2n) is 8.70. The minimum atomic E-state index is -0.469. The summed E-state index contributed by atoms with van der Waals surface area (Å²) in [6.45, 7) is 0.0533. The lowest BCUT2D eigenvalue weighted by Gasteiger charge is -2.16. The Kier molecular flexibility index (Phi) is 5.72. The van der Waals surface area contributed by atoms with Crippen molar-refractivity contribution in [3.8, 4) is 17.2 Å². The molecular formula is C25H23N3O7. The molecular weight excluding hydrogens is 454 g/mol. The highest BCUT2D eigenvalue weighted by atomic mass is 16.6. The number of rotatable bonds is 8. The molecule has 1 saturated heterocycles. The number of imide groups is 1. The van der Waals surface area contributed by atoms with Crippen LogP contribution < -0.4 is 14.2 Å². The average Bonchev–Trinajstić information content (AvgIpc) is 3.55. The number of methoxy groups -OCH3 is 2. The molecule has 1 saturated carbocycles. The lowest BCUT2D eigenvalue weighted by molar-refractivity contribution is -0.384. The Morgan fingerprint density at radius 3 is 2.26 bits per heavy atom. The van der Waals surface area contributed by atoms with E-state index in [4.69, 9.17) is 14.2 Å². The summed E-state index contributed by atoms with van der Waals surface area (Å²) in [7, 11) is 2.93. The van der Waals surface area contributed by atoms with Crippen molar-refractivity contribution in [3.05, 3.63) is 69.8 Å². The van der Waals surface area contributed by atoms with E-state index in [1.807, 2.05) is 12.2 Å². The third-order valence-corrected chi connectivity index (χ3v) is 6.76. The van der Waals surface area contributed by atoms with Gasteiger partial charge in [-0.1, -0.05) is 24.3 Å². The van der Waals surface area contributed by atoms with E-state index in [0.717, 1.165) is 11.4 Å². The molecule has 10 nitrogen and oxygen atoms in total. The molecule has 35 heavy (non-hydrogen) atoms. The fourth-order valence-electron chi connectivity index (χ4n) is 5.16. The lowest BCUT2D eigenvalue weighted by atomic mass is 9.85. The summed E-state index contributed by atoms with van der Waals surface area (Å²) in [6.07, 6.45) is 6.34. The standard InChI is InChI=1S/C25H23N3O7/c1-33-19-9-15(12-26-27-24(29)21-16-6-7-17(11-16)22(21)25(27)30)10-20(34-2)23(19)35-13-14-4-3-5-18(8-14)28(31)32/h3-10,12,16-17,21-22H,11,13H2,1-2H3. The van der Waals surface area contributed by atoms with Gasteiger partial charge in [0.25, 0.3) is 17.5 Å². The van der Waals surface area contributed by atoms with Gasteiger partial charge < -0.3 is 14.2 Å². The second-order valence-corrected chi connectivity index (χ2v) is 8.70. The smallest absolute Gasteiger partial charge is 0.269 e. The van der Waals surface area contributed by atoms with E-state index in [9.17, 15) is 19.7 Å². The number of carbonyl (C=O) groups is 2. The van der Waals surface area contributed by atoms with Crippen LogP contribution in [0, 0.1) is 33.8 Å². The molecule has 1 aliphatic heterocycles. The molecule has 2 fully saturated rings. The van der Waals surface area contributed by atoms with Crippen molar-refractivity contribution in [3.63, 3.8) is 0 Å². The van der Waals surface area contributed by atoms with Crippen molar-refractivity contribution < 1.29 is 28.7 Å². The molecule has 2 aromatic rings. The molecule has 5 rings (SSSR count). The molecule has 180 valence electrons. The molecule has 4 unspecified atom stereocenters. The molecule has 0 aromatic heterocycles. The van der Waals surface area contributed by atoms with Crippen LogP contribution in [0.25, 0.3) is 0 Å². The number of benzene rings is 2. The molecule has 2 aromatic carbocycles. The van der Waals surface area contributed by atoms with E-state index in [-0.39, 0.29) is 47.8 Å². The van der Waals surface area contributed by atoms with E-state index >= 15 is 0 Å². The molecule has 2 amide bonds. The number of hydrogen-bond donors (Lipinski definition) is 0. The van der Waals surface area contributed by atoms with Crippen LogP contribution in [0.3, 0.4) is 0 Å². The van der Waals surface area contributed by atoms with Gasteiger partial charge in [-0.3, -0.25) is 19.7 Å². The van der Waals surface area contributed by atoms with E-state index < -0.39 is 4.92 Å². The van der Waals surface area contributed by atoms with Gasteiger partial charge in [-0.05, 0) is 36.0 Å². The van der Waals surface area contributed by atoms with Gasteiger partial charge in [0, 0.05) is 17.7 Å². The first-order chi connectivity index (χ1) is 16.9. The zero-order valence-electron chi connectivity index (χ0n) is 19.1. The first kappa shape index (κ1) is 22.6. The van der Waals surface area contributed by atoms with Crippen LogP contribution >= 0.6 is 0 Å². The van der Waals surface area contributed by atoms with Gasteiger partial charge in [-0.15, -0.1) is 0 Å². The maximum absolute atomic E-state index is 12.8. The molecule has 0 spiro atoms. The summed E-state index contributed by atoms with van der Waals surface area (Å²) in [4.78, 5) is 36.2. The Morgan fingerprint density at radius 2 is 1.69 bits per heavy atom. The Labute approximate surface area is 200 Å². The van der Waals surface area contributed by atoms with Gasteiger partial charge in [0.15, 0.2) is 11.5 Å². The fraction of sp³-hybridized carbons (Fsp3) is 0.320. The maximum Gasteiger partial charge on any atom is 0.269 e. The van der Waals surface area contributed by atoms with Crippen molar-refractivity contribution in [1.29, 1.82) is 0 Å². The highest BCUT2D eigenvalue weighted by molar-refractivity contribution is 6.06. The zero-order valence-corrected chi connectivity index (χ0v) is 19.1. The number of nitro benzene ring substituents is 1.